The van der Waals surface area contributed by atoms with Gasteiger partial charge in [-0.15, -0.1) is 5.10 Å². The van der Waals surface area contributed by atoms with Gasteiger partial charge in [0.25, 0.3) is 5.91 Å². The van der Waals surface area contributed by atoms with Crippen molar-refractivity contribution in [2.24, 2.45) is 5.41 Å². The number of rotatable bonds is 5. The fourth-order valence-corrected chi connectivity index (χ4v) is 4.71. The lowest BCUT2D eigenvalue weighted by atomic mass is 9.76. The summed E-state index contributed by atoms with van der Waals surface area (Å²) in [4.78, 5) is 31.9. The van der Waals surface area contributed by atoms with E-state index in [0.717, 1.165) is 18.5 Å². The molecule has 4 rings (SSSR count). The zero-order chi connectivity index (χ0) is 18.9. The molecular formula is C18H23N5O3S. The van der Waals surface area contributed by atoms with Gasteiger partial charge in [-0.05, 0) is 30.8 Å². The van der Waals surface area contributed by atoms with Crippen molar-refractivity contribution in [2.45, 2.75) is 51.7 Å². The summed E-state index contributed by atoms with van der Waals surface area (Å²) >= 11 is 1.17. The fraction of sp³-hybridized carbons (Fsp3) is 0.611. The number of aromatic nitrogens is 4. The number of imidazole rings is 1. The largest absolute Gasteiger partial charge is 0.460 e. The number of ether oxygens (including phenoxy) is 1. The smallest absolute Gasteiger partial charge is 0.312 e. The first kappa shape index (κ1) is 18.1. The molecule has 0 aromatic carbocycles. The van der Waals surface area contributed by atoms with Crippen LogP contribution in [0.25, 0.3) is 0 Å². The molecule has 8 nitrogen and oxygen atoms in total. The Morgan fingerprint density at radius 2 is 2.22 bits per heavy atom. The number of cyclic esters (lactones) is 1. The second kappa shape index (κ2) is 7.38. The van der Waals surface area contributed by atoms with Gasteiger partial charge in [0.05, 0.1) is 24.0 Å². The van der Waals surface area contributed by atoms with E-state index in [-0.39, 0.29) is 18.0 Å². The van der Waals surface area contributed by atoms with Crippen molar-refractivity contribution in [1.82, 2.24) is 24.0 Å². The molecule has 0 bridgehead atoms. The van der Waals surface area contributed by atoms with Crippen LogP contribution in [-0.4, -0.2) is 55.1 Å². The molecule has 2 aromatic heterocycles. The van der Waals surface area contributed by atoms with Crippen LogP contribution in [0.1, 0.15) is 48.0 Å². The van der Waals surface area contributed by atoms with Crippen LogP contribution in [0.5, 0.6) is 0 Å². The summed E-state index contributed by atoms with van der Waals surface area (Å²) in [5.74, 6) is -0.129. The number of piperidine rings is 1. The SMILES string of the molecule is CCCc1nnsc1C(=O)N1CCC2(CC1)CC(Cn1ccnc1)OC2=O. The van der Waals surface area contributed by atoms with Crippen LogP contribution in [0.2, 0.25) is 0 Å². The maximum Gasteiger partial charge on any atom is 0.312 e. The topological polar surface area (TPSA) is 90.2 Å². The van der Waals surface area contributed by atoms with Crippen molar-refractivity contribution in [3.8, 4) is 0 Å². The maximum atomic E-state index is 12.8. The monoisotopic (exact) mass is 389 g/mol. The van der Waals surface area contributed by atoms with Gasteiger partial charge in [-0.2, -0.15) is 0 Å². The van der Waals surface area contributed by atoms with Gasteiger partial charge in [0.2, 0.25) is 0 Å². The summed E-state index contributed by atoms with van der Waals surface area (Å²) in [5.41, 5.74) is 0.328. The Labute approximate surface area is 161 Å². The van der Waals surface area contributed by atoms with E-state index < -0.39 is 5.41 Å². The third-order valence-corrected chi connectivity index (χ3v) is 6.30. The van der Waals surface area contributed by atoms with Crippen LogP contribution >= 0.6 is 11.5 Å². The Balaban J connectivity index is 1.38. The molecule has 2 saturated heterocycles. The first-order chi connectivity index (χ1) is 13.1. The number of aryl methyl sites for hydroxylation is 1. The molecule has 2 aliphatic rings. The second-order valence-corrected chi connectivity index (χ2v) is 8.12. The molecule has 2 aromatic rings. The van der Waals surface area contributed by atoms with Crippen molar-refractivity contribution < 1.29 is 14.3 Å². The highest BCUT2D eigenvalue weighted by Gasteiger charge is 2.51. The number of likely N-dealkylation sites (tertiary alicyclic amines) is 1. The normalized spacial score (nSPS) is 21.6. The van der Waals surface area contributed by atoms with Crippen molar-refractivity contribution in [3.05, 3.63) is 29.3 Å². The molecule has 0 radical (unpaired) electrons. The fourth-order valence-electron chi connectivity index (χ4n) is 4.03. The van der Waals surface area contributed by atoms with Gasteiger partial charge in [0.1, 0.15) is 11.0 Å². The molecule has 1 unspecified atom stereocenters. The Kier molecular flexibility index (Phi) is 4.94. The molecule has 0 aliphatic carbocycles. The summed E-state index contributed by atoms with van der Waals surface area (Å²) in [6, 6.07) is 0. The Morgan fingerprint density at radius 1 is 1.41 bits per heavy atom. The number of nitrogens with zero attached hydrogens (tertiary/aromatic N) is 5. The average molecular weight is 389 g/mol. The lowest BCUT2D eigenvalue weighted by molar-refractivity contribution is -0.150. The van der Waals surface area contributed by atoms with Crippen molar-refractivity contribution in [2.75, 3.05) is 13.1 Å². The van der Waals surface area contributed by atoms with E-state index in [1.165, 1.54) is 11.5 Å². The van der Waals surface area contributed by atoms with Crippen LogP contribution in [0.4, 0.5) is 0 Å². The molecule has 2 aliphatic heterocycles. The summed E-state index contributed by atoms with van der Waals surface area (Å²) in [7, 11) is 0. The Bertz CT molecular complexity index is 811. The van der Waals surface area contributed by atoms with E-state index in [2.05, 4.69) is 21.5 Å². The highest BCUT2D eigenvalue weighted by Crippen LogP contribution is 2.43. The molecule has 2 fully saturated rings. The number of carbonyl (C=O) groups excluding carboxylic acids is 2. The molecule has 4 heterocycles. The molecule has 1 atom stereocenters. The lowest BCUT2D eigenvalue weighted by Crippen LogP contribution is -2.45. The molecule has 27 heavy (non-hydrogen) atoms. The standard InChI is InChI=1S/C18H23N5O3S/c1-2-3-14-15(27-21-20-14)16(24)23-7-4-18(5-8-23)10-13(26-17(18)25)11-22-9-6-19-12-22/h6,9,12-13H,2-5,7-8,10-11H2,1H3. The maximum absolute atomic E-state index is 12.8. The third-order valence-electron chi connectivity index (χ3n) is 5.54. The number of hydrogen-bond acceptors (Lipinski definition) is 7. The lowest BCUT2D eigenvalue weighted by Gasteiger charge is -2.36. The second-order valence-electron chi connectivity index (χ2n) is 7.36. The highest BCUT2D eigenvalue weighted by molar-refractivity contribution is 7.08. The van der Waals surface area contributed by atoms with Crippen LogP contribution in [0.15, 0.2) is 18.7 Å². The predicted octanol–water partition coefficient (Wildman–Crippen LogP) is 1.93. The van der Waals surface area contributed by atoms with E-state index in [1.807, 2.05) is 15.7 Å². The first-order valence-electron chi connectivity index (χ1n) is 9.38. The minimum atomic E-state index is -0.458. The summed E-state index contributed by atoms with van der Waals surface area (Å²) in [5, 5.41) is 4.09. The molecule has 1 spiro atoms. The zero-order valence-electron chi connectivity index (χ0n) is 15.3. The number of carbonyl (C=O) groups is 2. The van der Waals surface area contributed by atoms with Crippen LogP contribution in [-0.2, 0) is 22.5 Å². The summed E-state index contributed by atoms with van der Waals surface area (Å²) in [6.45, 7) is 3.82. The van der Waals surface area contributed by atoms with Crippen molar-refractivity contribution in [3.63, 3.8) is 0 Å². The van der Waals surface area contributed by atoms with Gasteiger partial charge < -0.3 is 14.2 Å². The Morgan fingerprint density at radius 3 is 2.93 bits per heavy atom. The Hall–Kier alpha value is -2.29. The number of esters is 1. The molecule has 144 valence electrons. The van der Waals surface area contributed by atoms with E-state index in [1.54, 1.807) is 12.5 Å². The van der Waals surface area contributed by atoms with Crippen LogP contribution in [0, 0.1) is 5.41 Å². The number of hydrogen-bond donors (Lipinski definition) is 0. The summed E-state index contributed by atoms with van der Waals surface area (Å²) in [6.07, 6.45) is 8.88. The van der Waals surface area contributed by atoms with Gasteiger partial charge in [-0.25, -0.2) is 4.98 Å². The van der Waals surface area contributed by atoms with Gasteiger partial charge in [-0.1, -0.05) is 17.8 Å². The molecule has 1 amide bonds. The number of amides is 1. The van der Waals surface area contributed by atoms with E-state index in [4.69, 9.17) is 4.74 Å². The van der Waals surface area contributed by atoms with E-state index >= 15 is 0 Å². The first-order valence-corrected chi connectivity index (χ1v) is 10.2. The van der Waals surface area contributed by atoms with E-state index in [0.29, 0.717) is 43.8 Å². The summed E-state index contributed by atoms with van der Waals surface area (Å²) < 4.78 is 11.5. The van der Waals surface area contributed by atoms with Gasteiger partial charge >= 0.3 is 5.97 Å². The van der Waals surface area contributed by atoms with Gasteiger partial charge in [0.15, 0.2) is 0 Å². The van der Waals surface area contributed by atoms with Gasteiger partial charge in [0, 0.05) is 31.9 Å². The molecule has 0 saturated carbocycles. The third kappa shape index (κ3) is 3.47. The molecule has 0 N–H and O–H groups in total. The highest BCUT2D eigenvalue weighted by atomic mass is 32.1. The average Bonchev–Trinajstić information content (AvgIpc) is 3.39. The minimum absolute atomic E-state index is 0.00960. The van der Waals surface area contributed by atoms with Crippen LogP contribution in [0.3, 0.4) is 0 Å². The van der Waals surface area contributed by atoms with Crippen LogP contribution < -0.4 is 0 Å². The minimum Gasteiger partial charge on any atom is -0.460 e. The van der Waals surface area contributed by atoms with E-state index in [9.17, 15) is 9.59 Å². The van der Waals surface area contributed by atoms with Gasteiger partial charge in [-0.3, -0.25) is 9.59 Å². The quantitative estimate of drug-likeness (QED) is 0.726. The molecular weight excluding hydrogens is 366 g/mol. The zero-order valence-corrected chi connectivity index (χ0v) is 16.2. The van der Waals surface area contributed by atoms with Crippen molar-refractivity contribution in [1.29, 1.82) is 0 Å². The predicted molar refractivity (Wildman–Crippen MR) is 98.2 cm³/mol. The van der Waals surface area contributed by atoms with Crippen molar-refractivity contribution >= 4 is 23.4 Å². The molecule has 9 heteroatoms.